The van der Waals surface area contributed by atoms with Crippen molar-refractivity contribution in [2.75, 3.05) is 32.2 Å². The molecular formula is C18H25N3O6. The van der Waals surface area contributed by atoms with Crippen LogP contribution in [0.5, 0.6) is 0 Å². The lowest BCUT2D eigenvalue weighted by atomic mass is 10.1. The third-order valence-corrected chi connectivity index (χ3v) is 4.47. The van der Waals surface area contributed by atoms with Crippen molar-refractivity contribution in [2.24, 2.45) is 5.92 Å². The number of nitrogens with one attached hydrogen (secondary N) is 2. The highest BCUT2D eigenvalue weighted by atomic mass is 16.6. The fourth-order valence-electron chi connectivity index (χ4n) is 3.12. The molecule has 2 N–H and O–H groups in total. The number of anilines is 1. The Kier molecular flexibility index (Phi) is 7.54. The van der Waals surface area contributed by atoms with Gasteiger partial charge in [-0.3, -0.25) is 19.7 Å². The molecule has 1 aromatic rings. The van der Waals surface area contributed by atoms with Gasteiger partial charge < -0.3 is 20.1 Å². The molecule has 9 nitrogen and oxygen atoms in total. The number of rotatable bonds is 9. The lowest BCUT2D eigenvalue weighted by molar-refractivity contribution is -0.384. The lowest BCUT2D eigenvalue weighted by Gasteiger charge is -2.14. The number of esters is 1. The van der Waals surface area contributed by atoms with Gasteiger partial charge in [-0.25, -0.2) is 0 Å². The number of benzene rings is 1. The van der Waals surface area contributed by atoms with E-state index in [0.717, 1.165) is 0 Å². The number of methoxy groups -OCH3 is 1. The molecule has 9 heteroatoms. The minimum Gasteiger partial charge on any atom is -0.466 e. The van der Waals surface area contributed by atoms with Crippen LogP contribution in [0.4, 0.5) is 11.4 Å². The van der Waals surface area contributed by atoms with Crippen LogP contribution >= 0.6 is 0 Å². The molecule has 148 valence electrons. The van der Waals surface area contributed by atoms with Crippen LogP contribution in [0.2, 0.25) is 0 Å². The zero-order chi connectivity index (χ0) is 19.8. The largest absolute Gasteiger partial charge is 0.466 e. The second-order valence-corrected chi connectivity index (χ2v) is 6.34. The summed E-state index contributed by atoms with van der Waals surface area (Å²) in [4.78, 5) is 35.0. The van der Waals surface area contributed by atoms with Crippen LogP contribution in [0.1, 0.15) is 36.5 Å². The summed E-state index contributed by atoms with van der Waals surface area (Å²) in [5.41, 5.74) is 0.366. The van der Waals surface area contributed by atoms with Crippen molar-refractivity contribution >= 4 is 23.3 Å². The van der Waals surface area contributed by atoms with Gasteiger partial charge >= 0.3 is 5.97 Å². The van der Waals surface area contributed by atoms with Gasteiger partial charge in [-0.1, -0.05) is 0 Å². The molecule has 1 aliphatic rings. The van der Waals surface area contributed by atoms with Gasteiger partial charge in [0.1, 0.15) is 5.69 Å². The van der Waals surface area contributed by atoms with Gasteiger partial charge in [0.15, 0.2) is 0 Å². The second-order valence-electron chi connectivity index (χ2n) is 6.34. The van der Waals surface area contributed by atoms with Gasteiger partial charge in [-0.15, -0.1) is 0 Å². The normalized spacial score (nSPS) is 18.7. The highest BCUT2D eigenvalue weighted by molar-refractivity contribution is 5.96. The van der Waals surface area contributed by atoms with E-state index in [4.69, 9.17) is 9.47 Å². The standard InChI is InChI=1S/C18H25N3O6/c1-3-27-18(23)13-4-6-14(10-13)20-17(22)12-5-7-15(19-8-9-26-2)16(11-12)21(24)25/h5,7,11,13-14,19H,3-4,6,8-10H2,1-2H3,(H,20,22)/t13-,14+/m0/s1. The van der Waals surface area contributed by atoms with E-state index >= 15 is 0 Å². The monoisotopic (exact) mass is 379 g/mol. The fourth-order valence-corrected chi connectivity index (χ4v) is 3.12. The van der Waals surface area contributed by atoms with E-state index in [9.17, 15) is 19.7 Å². The van der Waals surface area contributed by atoms with E-state index in [0.29, 0.717) is 44.7 Å². The number of hydrogen-bond acceptors (Lipinski definition) is 7. The van der Waals surface area contributed by atoms with Crippen LogP contribution < -0.4 is 10.6 Å². The number of carbonyl (C=O) groups is 2. The van der Waals surface area contributed by atoms with Crippen LogP contribution in [0.3, 0.4) is 0 Å². The SMILES string of the molecule is CCOC(=O)[C@H]1CC[C@@H](NC(=O)c2ccc(NCCOC)c([N+](=O)[O-])c2)C1. The van der Waals surface area contributed by atoms with Gasteiger partial charge in [0.05, 0.1) is 24.1 Å². The number of carbonyl (C=O) groups excluding carboxylic acids is 2. The second kappa shape index (κ2) is 9.86. The highest BCUT2D eigenvalue weighted by Crippen LogP contribution is 2.28. The fraction of sp³-hybridized carbons (Fsp3) is 0.556. The van der Waals surface area contributed by atoms with Gasteiger partial charge in [0, 0.05) is 31.3 Å². The summed E-state index contributed by atoms with van der Waals surface area (Å²) in [6.07, 6.45) is 1.85. The minimum atomic E-state index is -0.529. The molecule has 1 saturated carbocycles. The molecule has 0 radical (unpaired) electrons. The molecule has 27 heavy (non-hydrogen) atoms. The van der Waals surface area contributed by atoms with E-state index < -0.39 is 10.8 Å². The van der Waals surface area contributed by atoms with Crippen molar-refractivity contribution in [3.05, 3.63) is 33.9 Å². The van der Waals surface area contributed by atoms with E-state index in [2.05, 4.69) is 10.6 Å². The molecule has 0 bridgehead atoms. The molecule has 1 aromatic carbocycles. The Morgan fingerprint density at radius 1 is 1.33 bits per heavy atom. The molecule has 0 unspecified atom stereocenters. The first-order valence-electron chi connectivity index (χ1n) is 8.95. The number of nitro benzene ring substituents is 1. The molecule has 0 heterocycles. The average molecular weight is 379 g/mol. The van der Waals surface area contributed by atoms with Crippen molar-refractivity contribution in [1.29, 1.82) is 0 Å². The van der Waals surface area contributed by atoms with Crippen LogP contribution in [0, 0.1) is 16.0 Å². The van der Waals surface area contributed by atoms with Crippen molar-refractivity contribution in [1.82, 2.24) is 5.32 Å². The summed E-state index contributed by atoms with van der Waals surface area (Å²) in [5.74, 6) is -0.843. The minimum absolute atomic E-state index is 0.148. The average Bonchev–Trinajstić information content (AvgIpc) is 3.10. The van der Waals surface area contributed by atoms with Gasteiger partial charge in [0.25, 0.3) is 11.6 Å². The summed E-state index contributed by atoms with van der Waals surface area (Å²) >= 11 is 0. The van der Waals surface area contributed by atoms with Crippen molar-refractivity contribution in [3.63, 3.8) is 0 Å². The third-order valence-electron chi connectivity index (χ3n) is 4.47. The van der Waals surface area contributed by atoms with Crippen LogP contribution in [-0.2, 0) is 14.3 Å². The number of nitrogens with zero attached hydrogens (tertiary/aromatic N) is 1. The van der Waals surface area contributed by atoms with Gasteiger partial charge in [0.2, 0.25) is 0 Å². The predicted molar refractivity (Wildman–Crippen MR) is 98.7 cm³/mol. The molecule has 1 amide bonds. The molecular weight excluding hydrogens is 354 g/mol. The molecule has 0 spiro atoms. The summed E-state index contributed by atoms with van der Waals surface area (Å²) in [5, 5.41) is 17.1. The Morgan fingerprint density at radius 3 is 2.78 bits per heavy atom. The Labute approximate surface area is 157 Å². The maximum atomic E-state index is 12.5. The number of nitro groups is 1. The topological polar surface area (TPSA) is 120 Å². The lowest BCUT2D eigenvalue weighted by Crippen LogP contribution is -2.33. The number of ether oxygens (including phenoxy) is 2. The smallest absolute Gasteiger partial charge is 0.308 e. The Balaban J connectivity index is 2.01. The molecule has 2 rings (SSSR count). The zero-order valence-electron chi connectivity index (χ0n) is 15.5. The van der Waals surface area contributed by atoms with E-state index in [1.54, 1.807) is 14.0 Å². The third kappa shape index (κ3) is 5.65. The maximum Gasteiger partial charge on any atom is 0.308 e. The quantitative estimate of drug-likeness (QED) is 0.292. The predicted octanol–water partition coefficient (Wildman–Crippen LogP) is 2.11. The van der Waals surface area contributed by atoms with Crippen LogP contribution in [0.25, 0.3) is 0 Å². The van der Waals surface area contributed by atoms with Gasteiger partial charge in [-0.2, -0.15) is 0 Å². The molecule has 0 saturated heterocycles. The summed E-state index contributed by atoms with van der Waals surface area (Å²) < 4.78 is 9.93. The van der Waals surface area contributed by atoms with Crippen molar-refractivity contribution in [3.8, 4) is 0 Å². The van der Waals surface area contributed by atoms with Gasteiger partial charge in [-0.05, 0) is 38.3 Å². The number of hydrogen-bond donors (Lipinski definition) is 2. The summed E-state index contributed by atoms with van der Waals surface area (Å²) in [7, 11) is 1.54. The van der Waals surface area contributed by atoms with E-state index in [-0.39, 0.29) is 29.2 Å². The Bertz CT molecular complexity index is 694. The van der Waals surface area contributed by atoms with E-state index in [1.807, 2.05) is 0 Å². The van der Waals surface area contributed by atoms with E-state index in [1.165, 1.54) is 18.2 Å². The molecule has 0 aliphatic heterocycles. The van der Waals surface area contributed by atoms with Crippen LogP contribution in [-0.4, -0.2) is 49.7 Å². The maximum absolute atomic E-state index is 12.5. The Morgan fingerprint density at radius 2 is 2.11 bits per heavy atom. The molecule has 0 aromatic heterocycles. The van der Waals surface area contributed by atoms with Crippen molar-refractivity contribution < 1.29 is 24.0 Å². The first-order valence-corrected chi connectivity index (χ1v) is 8.95. The highest BCUT2D eigenvalue weighted by Gasteiger charge is 2.32. The summed E-state index contributed by atoms with van der Waals surface area (Å²) in [6, 6.07) is 4.15. The molecule has 1 fully saturated rings. The van der Waals surface area contributed by atoms with Crippen molar-refractivity contribution in [2.45, 2.75) is 32.2 Å². The molecule has 2 atom stereocenters. The first-order chi connectivity index (χ1) is 13.0. The first kappa shape index (κ1) is 20.6. The number of amides is 1. The zero-order valence-corrected chi connectivity index (χ0v) is 15.5. The molecule has 1 aliphatic carbocycles. The summed E-state index contributed by atoms with van der Waals surface area (Å²) in [6.45, 7) is 2.91. The van der Waals surface area contributed by atoms with Crippen LogP contribution in [0.15, 0.2) is 18.2 Å². The Hall–Kier alpha value is -2.68.